The molecule has 1 aromatic carbocycles. The Morgan fingerprint density at radius 1 is 1.29 bits per heavy atom. The number of H-pyrrole nitrogens is 1. The van der Waals surface area contributed by atoms with E-state index in [0.29, 0.717) is 35.4 Å². The largest absolute Gasteiger partial charge is 0.497 e. The molecule has 0 aliphatic carbocycles. The van der Waals surface area contributed by atoms with Gasteiger partial charge in [0.1, 0.15) is 5.75 Å². The fourth-order valence-corrected chi connectivity index (χ4v) is 3.80. The van der Waals surface area contributed by atoms with Gasteiger partial charge in [-0.15, -0.1) is 11.3 Å². The van der Waals surface area contributed by atoms with E-state index in [1.807, 2.05) is 40.6 Å². The molecule has 148 valence electrons. The van der Waals surface area contributed by atoms with Gasteiger partial charge in [-0.05, 0) is 53.2 Å². The van der Waals surface area contributed by atoms with E-state index < -0.39 is 0 Å². The summed E-state index contributed by atoms with van der Waals surface area (Å²) in [5.41, 5.74) is 1.34. The maximum atomic E-state index is 12.7. The first-order valence-electron chi connectivity index (χ1n) is 9.21. The molecule has 2 heterocycles. The summed E-state index contributed by atoms with van der Waals surface area (Å²) in [4.78, 5) is 18.9. The molecule has 5 nitrogen and oxygen atoms in total. The second-order valence-corrected chi connectivity index (χ2v) is 8.51. The van der Waals surface area contributed by atoms with Gasteiger partial charge in [-0.25, -0.2) is 0 Å². The highest BCUT2D eigenvalue weighted by atomic mass is 32.1. The topological polar surface area (TPSA) is 57.4 Å². The van der Waals surface area contributed by atoms with Crippen LogP contribution < -0.4 is 15.6 Å². The summed E-state index contributed by atoms with van der Waals surface area (Å²) in [6, 6.07) is 11.7. The number of nitrogens with zero attached hydrogens (tertiary/aromatic N) is 1. The first-order valence-corrected chi connectivity index (χ1v) is 10.5. The first kappa shape index (κ1) is 20.4. The lowest BCUT2D eigenvalue weighted by molar-refractivity contribution is 0.397. The summed E-state index contributed by atoms with van der Waals surface area (Å²) < 4.78 is 5.24. The minimum Gasteiger partial charge on any atom is -0.497 e. The van der Waals surface area contributed by atoms with Crippen molar-refractivity contribution in [2.75, 3.05) is 13.7 Å². The van der Waals surface area contributed by atoms with Crippen LogP contribution in [0.15, 0.2) is 46.6 Å². The van der Waals surface area contributed by atoms with Gasteiger partial charge >= 0.3 is 0 Å². The molecule has 2 N–H and O–H groups in total. The van der Waals surface area contributed by atoms with E-state index in [0.717, 1.165) is 17.4 Å². The zero-order valence-corrected chi connectivity index (χ0v) is 18.0. The molecule has 0 bridgehead atoms. The third-order valence-electron chi connectivity index (χ3n) is 4.37. The summed E-state index contributed by atoms with van der Waals surface area (Å²) >= 11 is 7.31. The Labute approximate surface area is 174 Å². The van der Waals surface area contributed by atoms with Gasteiger partial charge < -0.3 is 19.9 Å². The van der Waals surface area contributed by atoms with E-state index in [1.54, 1.807) is 18.4 Å². The second kappa shape index (κ2) is 9.21. The van der Waals surface area contributed by atoms with Crippen molar-refractivity contribution in [3.63, 3.8) is 0 Å². The van der Waals surface area contributed by atoms with Crippen molar-refractivity contribution in [1.82, 2.24) is 15.2 Å². The average Bonchev–Trinajstić information content (AvgIpc) is 3.18. The summed E-state index contributed by atoms with van der Waals surface area (Å²) in [7, 11) is 1.61. The molecule has 0 saturated carbocycles. The van der Waals surface area contributed by atoms with E-state index in [2.05, 4.69) is 30.2 Å². The van der Waals surface area contributed by atoms with Crippen LogP contribution in [0.5, 0.6) is 5.75 Å². The van der Waals surface area contributed by atoms with E-state index in [9.17, 15) is 4.79 Å². The SMILES string of the molecule is COc1ccc2cc(CN(Cc3cccs3)C(=S)NCC(C)C)c(=O)[nH]c2c1. The van der Waals surface area contributed by atoms with Gasteiger partial charge in [0.25, 0.3) is 5.56 Å². The Morgan fingerprint density at radius 3 is 2.79 bits per heavy atom. The molecule has 0 saturated heterocycles. The number of hydrogen-bond donors (Lipinski definition) is 2. The lowest BCUT2D eigenvalue weighted by Gasteiger charge is -2.26. The first-order chi connectivity index (χ1) is 13.5. The number of rotatable bonds is 7. The number of nitrogens with one attached hydrogen (secondary N) is 2. The van der Waals surface area contributed by atoms with Gasteiger partial charge in [0.15, 0.2) is 5.11 Å². The summed E-state index contributed by atoms with van der Waals surface area (Å²) in [6.07, 6.45) is 0. The quantitative estimate of drug-likeness (QED) is 0.568. The number of hydrogen-bond acceptors (Lipinski definition) is 4. The van der Waals surface area contributed by atoms with Gasteiger partial charge in [-0.3, -0.25) is 4.79 Å². The van der Waals surface area contributed by atoms with E-state index in [1.165, 1.54) is 4.88 Å². The van der Waals surface area contributed by atoms with Crippen LogP contribution in [0.2, 0.25) is 0 Å². The van der Waals surface area contributed by atoms with Gasteiger partial charge in [0.2, 0.25) is 0 Å². The average molecular weight is 416 g/mol. The van der Waals surface area contributed by atoms with Crippen molar-refractivity contribution >= 4 is 39.6 Å². The van der Waals surface area contributed by atoms with Gasteiger partial charge in [-0.1, -0.05) is 19.9 Å². The van der Waals surface area contributed by atoms with E-state index in [4.69, 9.17) is 17.0 Å². The predicted molar refractivity (Wildman–Crippen MR) is 120 cm³/mol. The third-order valence-corrected chi connectivity index (χ3v) is 5.63. The number of ether oxygens (including phenoxy) is 1. The van der Waals surface area contributed by atoms with Crippen LogP contribution in [-0.4, -0.2) is 28.7 Å². The number of benzene rings is 1. The van der Waals surface area contributed by atoms with Gasteiger partial charge in [-0.2, -0.15) is 0 Å². The summed E-state index contributed by atoms with van der Waals surface area (Å²) in [5, 5.41) is 7.00. The molecule has 2 aromatic heterocycles. The molecular weight excluding hydrogens is 390 g/mol. The van der Waals surface area contributed by atoms with E-state index in [-0.39, 0.29) is 5.56 Å². The maximum Gasteiger partial charge on any atom is 0.253 e. The van der Waals surface area contributed by atoms with Gasteiger partial charge in [0, 0.05) is 23.1 Å². The number of aromatic nitrogens is 1. The third kappa shape index (κ3) is 5.11. The Morgan fingerprint density at radius 2 is 2.11 bits per heavy atom. The summed E-state index contributed by atoms with van der Waals surface area (Å²) in [5.74, 6) is 1.20. The standard InChI is InChI=1S/C21H25N3O2S2/c1-14(2)11-22-21(27)24(13-18-5-4-8-28-18)12-16-9-15-6-7-17(26-3)10-19(15)23-20(16)25/h4-10,14H,11-13H2,1-3H3,(H,22,27)(H,23,25). The van der Waals surface area contributed by atoms with Crippen molar-refractivity contribution in [3.05, 3.63) is 62.6 Å². The Bertz CT molecular complexity index is 997. The highest BCUT2D eigenvalue weighted by Gasteiger charge is 2.15. The molecule has 3 rings (SSSR count). The lowest BCUT2D eigenvalue weighted by Crippen LogP contribution is -2.41. The maximum absolute atomic E-state index is 12.7. The second-order valence-electron chi connectivity index (χ2n) is 7.09. The molecule has 0 fully saturated rings. The number of thiophene rings is 1. The predicted octanol–water partition coefficient (Wildman–Crippen LogP) is 4.13. The van der Waals surface area contributed by atoms with Crippen LogP contribution >= 0.6 is 23.6 Å². The van der Waals surface area contributed by atoms with Crippen molar-refractivity contribution in [3.8, 4) is 5.75 Å². The van der Waals surface area contributed by atoms with Gasteiger partial charge in [0.05, 0.1) is 25.7 Å². The number of aromatic amines is 1. The minimum absolute atomic E-state index is 0.108. The Hall–Kier alpha value is -2.38. The Kier molecular flexibility index (Phi) is 6.70. The molecule has 0 spiro atoms. The molecular formula is C21H25N3O2S2. The zero-order chi connectivity index (χ0) is 20.1. The van der Waals surface area contributed by atoms with Crippen LogP contribution in [0.4, 0.5) is 0 Å². The van der Waals surface area contributed by atoms with Crippen LogP contribution in [0.3, 0.4) is 0 Å². The van der Waals surface area contributed by atoms with Crippen molar-refractivity contribution in [1.29, 1.82) is 0 Å². The smallest absolute Gasteiger partial charge is 0.253 e. The number of methoxy groups -OCH3 is 1. The Balaban J connectivity index is 1.87. The van der Waals surface area contributed by atoms with Crippen LogP contribution in [-0.2, 0) is 13.1 Å². The highest BCUT2D eigenvalue weighted by Crippen LogP contribution is 2.20. The molecule has 7 heteroatoms. The van der Waals surface area contributed by atoms with Crippen LogP contribution in [0.1, 0.15) is 24.3 Å². The molecule has 0 atom stereocenters. The number of fused-ring (bicyclic) bond motifs is 1. The highest BCUT2D eigenvalue weighted by molar-refractivity contribution is 7.80. The normalized spacial score (nSPS) is 11.0. The molecule has 0 aliphatic heterocycles. The minimum atomic E-state index is -0.108. The van der Waals surface area contributed by atoms with Crippen molar-refractivity contribution in [2.24, 2.45) is 5.92 Å². The number of pyridine rings is 1. The lowest BCUT2D eigenvalue weighted by atomic mass is 10.1. The fraction of sp³-hybridized carbons (Fsp3) is 0.333. The molecule has 0 radical (unpaired) electrons. The van der Waals surface area contributed by atoms with Crippen molar-refractivity contribution in [2.45, 2.75) is 26.9 Å². The molecule has 0 amide bonds. The van der Waals surface area contributed by atoms with Crippen molar-refractivity contribution < 1.29 is 4.74 Å². The zero-order valence-electron chi connectivity index (χ0n) is 16.3. The van der Waals surface area contributed by atoms with E-state index >= 15 is 0 Å². The fourth-order valence-electron chi connectivity index (χ4n) is 2.87. The summed E-state index contributed by atoms with van der Waals surface area (Å²) in [6.45, 7) is 6.19. The van der Waals surface area contributed by atoms with Crippen LogP contribution in [0.25, 0.3) is 10.9 Å². The van der Waals surface area contributed by atoms with Crippen LogP contribution in [0, 0.1) is 5.92 Å². The monoisotopic (exact) mass is 415 g/mol. The molecule has 28 heavy (non-hydrogen) atoms. The number of thiocarbonyl (C=S) groups is 1. The molecule has 0 unspecified atom stereocenters. The molecule has 0 aliphatic rings. The molecule has 3 aromatic rings.